The van der Waals surface area contributed by atoms with Gasteiger partial charge >= 0.3 is 17.4 Å². The first-order chi connectivity index (χ1) is 14.9. The van der Waals surface area contributed by atoms with Gasteiger partial charge in [0.25, 0.3) is 0 Å². The Kier molecular flexibility index (Phi) is 26.0. The van der Waals surface area contributed by atoms with Crippen LogP contribution in [0, 0.1) is 0 Å². The molecule has 12 nitrogen and oxygen atoms in total. The van der Waals surface area contributed by atoms with Gasteiger partial charge in [0.2, 0.25) is 22.1 Å². The third-order valence-electron chi connectivity index (χ3n) is 3.72. The fourth-order valence-corrected chi connectivity index (χ4v) is 6.54. The van der Waals surface area contributed by atoms with Crippen molar-refractivity contribution in [2.24, 2.45) is 0 Å². The van der Waals surface area contributed by atoms with E-state index in [0.717, 1.165) is 0 Å². The van der Waals surface area contributed by atoms with Crippen LogP contribution in [0.3, 0.4) is 0 Å². The summed E-state index contributed by atoms with van der Waals surface area (Å²) in [6.07, 6.45) is 0.911. The summed E-state index contributed by atoms with van der Waals surface area (Å²) in [6.45, 7) is 5.34. The zero-order chi connectivity index (χ0) is 26.7. The molecule has 198 valence electrons. The van der Waals surface area contributed by atoms with Gasteiger partial charge in [-0.25, -0.2) is 0 Å². The fourth-order valence-electron chi connectivity index (χ4n) is 2.18. The first-order valence-electron chi connectivity index (χ1n) is 10.5. The molecule has 0 amide bonds. The molecule has 0 aromatic rings. The summed E-state index contributed by atoms with van der Waals surface area (Å²) >= 11 is 0. The van der Waals surface area contributed by atoms with E-state index in [4.69, 9.17) is 14.7 Å². The minimum Gasteiger partial charge on any atom is -0.550 e. The quantitative estimate of drug-likeness (QED) is 0.161. The Hall–Kier alpha value is -0.488. The van der Waals surface area contributed by atoms with E-state index < -0.39 is 40.0 Å². The molecule has 0 aromatic heterocycles. The van der Waals surface area contributed by atoms with E-state index in [1.54, 1.807) is 20.8 Å². The third-order valence-corrected chi connectivity index (χ3v) is 9.92. The second-order valence-corrected chi connectivity index (χ2v) is 15.0. The maximum absolute atomic E-state index is 11.0. The van der Waals surface area contributed by atoms with E-state index in [1.807, 2.05) is 0 Å². The van der Waals surface area contributed by atoms with Crippen LogP contribution < -0.4 is 15.3 Å². The molecule has 0 heterocycles. The number of rotatable bonds is 15. The zero-order valence-corrected chi connectivity index (χ0v) is 23.8. The molecular formula is C18H36AlO12P3. The molecule has 0 spiro atoms. The van der Waals surface area contributed by atoms with Crippen LogP contribution in [0.2, 0.25) is 0 Å². The van der Waals surface area contributed by atoms with Gasteiger partial charge in [0.05, 0.1) is 0 Å². The Labute approximate surface area is 211 Å². The molecule has 0 aliphatic heterocycles. The largest absolute Gasteiger partial charge is 3.00 e. The zero-order valence-electron chi connectivity index (χ0n) is 19.9. The summed E-state index contributed by atoms with van der Waals surface area (Å²) in [4.78, 5) is 56.8. The molecule has 0 saturated heterocycles. The number of carbonyl (C=O) groups is 3. The average Bonchev–Trinajstić information content (AvgIpc) is 2.65. The summed E-state index contributed by atoms with van der Waals surface area (Å²) in [5.41, 5.74) is 0. The van der Waals surface area contributed by atoms with Crippen LogP contribution in [-0.2, 0) is 28.1 Å². The van der Waals surface area contributed by atoms with Crippen molar-refractivity contribution < 1.29 is 58.1 Å². The standard InChI is InChI=1S/3C6H13O4P.Al/c3*1-2-4-11(9,10)5-3-6(7)8;/h3*2-5H2,1H3,(H,7,8)(H,9,10);/q;;;+3/p-3. The van der Waals surface area contributed by atoms with Gasteiger partial charge in [0.15, 0.2) is 0 Å². The molecule has 16 heteroatoms. The maximum atomic E-state index is 11.0. The van der Waals surface area contributed by atoms with Gasteiger partial charge in [-0.05, 0) is 38.5 Å². The van der Waals surface area contributed by atoms with Crippen molar-refractivity contribution in [3.8, 4) is 0 Å². The maximum Gasteiger partial charge on any atom is 3.00 e. The summed E-state index contributed by atoms with van der Waals surface area (Å²) in [6, 6.07) is 0. The predicted octanol–water partition coefficient (Wildman–Crippen LogP) is -0.960. The van der Waals surface area contributed by atoms with Crippen molar-refractivity contribution >= 4 is 57.4 Å². The topological polar surface area (TPSA) is 232 Å². The molecule has 3 N–H and O–H groups in total. The number of hydrogen-bond donors (Lipinski definition) is 3. The molecule has 0 radical (unpaired) electrons. The van der Waals surface area contributed by atoms with Crippen LogP contribution in [0.25, 0.3) is 0 Å². The first-order valence-corrected chi connectivity index (χ1v) is 16.5. The molecule has 0 aromatic carbocycles. The van der Waals surface area contributed by atoms with Crippen molar-refractivity contribution in [3.05, 3.63) is 0 Å². The Bertz CT molecular complexity index is 634. The van der Waals surface area contributed by atoms with Crippen molar-refractivity contribution in [1.82, 2.24) is 0 Å². The van der Waals surface area contributed by atoms with Crippen LogP contribution in [0.1, 0.15) is 59.3 Å². The van der Waals surface area contributed by atoms with E-state index in [2.05, 4.69) is 0 Å². The number of carbonyl (C=O) groups excluding carboxylic acids is 3. The Morgan fingerprint density at radius 3 is 0.824 bits per heavy atom. The molecule has 34 heavy (non-hydrogen) atoms. The number of carboxylic acid groups (broad SMARTS) is 3. The van der Waals surface area contributed by atoms with Crippen molar-refractivity contribution in [2.75, 3.05) is 37.0 Å². The molecule has 0 fully saturated rings. The normalized spacial score (nSPS) is 15.4. The van der Waals surface area contributed by atoms with Crippen molar-refractivity contribution in [3.63, 3.8) is 0 Å². The Morgan fingerprint density at radius 2 is 0.706 bits per heavy atom. The molecule has 0 rings (SSSR count). The molecule has 0 aliphatic carbocycles. The number of aliphatic carboxylic acids is 3. The summed E-state index contributed by atoms with van der Waals surface area (Å²) in [7, 11) is -9.50. The minimum atomic E-state index is -3.17. The van der Waals surface area contributed by atoms with Crippen LogP contribution in [0.15, 0.2) is 0 Å². The van der Waals surface area contributed by atoms with E-state index in [9.17, 15) is 43.4 Å². The Balaban J connectivity index is -0.000000196. The third kappa shape index (κ3) is 33.7. The van der Waals surface area contributed by atoms with Crippen molar-refractivity contribution in [2.45, 2.75) is 59.3 Å². The summed E-state index contributed by atoms with van der Waals surface area (Å²) < 4.78 is 32.9. The molecule has 3 atom stereocenters. The first kappa shape index (κ1) is 40.7. The molecule has 0 bridgehead atoms. The van der Waals surface area contributed by atoms with Crippen LogP contribution in [0.5, 0.6) is 0 Å². The van der Waals surface area contributed by atoms with Gasteiger partial charge in [-0.2, -0.15) is 0 Å². The fraction of sp³-hybridized carbons (Fsp3) is 0.833. The van der Waals surface area contributed by atoms with Crippen LogP contribution in [0.4, 0.5) is 0 Å². The van der Waals surface area contributed by atoms with Gasteiger partial charge < -0.3 is 44.4 Å². The summed E-state index contributed by atoms with van der Waals surface area (Å²) in [5.74, 6) is -3.80. The minimum absolute atomic E-state index is 0. The smallest absolute Gasteiger partial charge is 0.550 e. The molecule has 3 unspecified atom stereocenters. The monoisotopic (exact) mass is 564 g/mol. The Morgan fingerprint density at radius 1 is 0.529 bits per heavy atom. The van der Waals surface area contributed by atoms with E-state index in [-0.39, 0.29) is 73.6 Å². The van der Waals surface area contributed by atoms with E-state index in [1.165, 1.54) is 0 Å². The second-order valence-electron chi connectivity index (χ2n) is 7.25. The van der Waals surface area contributed by atoms with Gasteiger partial charge in [-0.15, -0.1) is 0 Å². The molecular weight excluding hydrogens is 528 g/mol. The number of carboxylic acids is 3. The molecule has 0 saturated carbocycles. The van der Waals surface area contributed by atoms with Gasteiger partial charge in [0, 0.05) is 54.9 Å². The molecule has 0 aliphatic rings. The van der Waals surface area contributed by atoms with Gasteiger partial charge in [0.1, 0.15) is 0 Å². The van der Waals surface area contributed by atoms with E-state index >= 15 is 0 Å². The van der Waals surface area contributed by atoms with Gasteiger partial charge in [-0.1, -0.05) is 20.8 Å². The number of hydrogen-bond acceptors (Lipinski definition) is 9. The SMILES string of the molecule is CCCP(=O)(O)CCC(=O)[O-].CCCP(=O)(O)CCC(=O)[O-].CCCP(=O)(O)CCC(=O)[O-].[Al+3]. The predicted molar refractivity (Wildman–Crippen MR) is 124 cm³/mol. The van der Waals surface area contributed by atoms with Crippen LogP contribution >= 0.6 is 22.1 Å². The van der Waals surface area contributed by atoms with Crippen LogP contribution in [-0.4, -0.2) is 86.9 Å². The van der Waals surface area contributed by atoms with E-state index in [0.29, 0.717) is 19.3 Å². The van der Waals surface area contributed by atoms with Gasteiger partial charge in [-0.3, -0.25) is 13.7 Å². The second kappa shape index (κ2) is 21.8. The van der Waals surface area contributed by atoms with Crippen molar-refractivity contribution in [1.29, 1.82) is 0 Å². The summed E-state index contributed by atoms with van der Waals surface area (Å²) in [5, 5.41) is 29.7. The average molecular weight is 564 g/mol.